The molecule has 0 unspecified atom stereocenters. The highest BCUT2D eigenvalue weighted by Crippen LogP contribution is 2.34. The molecule has 0 aliphatic carbocycles. The molecule has 2 bridgehead atoms. The molecule has 2 saturated heterocycles. The predicted molar refractivity (Wildman–Crippen MR) is 99.4 cm³/mol. The van der Waals surface area contributed by atoms with Crippen molar-refractivity contribution in [3.8, 4) is 11.3 Å². The summed E-state index contributed by atoms with van der Waals surface area (Å²) in [5.74, 6) is 0.758. The van der Waals surface area contributed by atoms with Gasteiger partial charge in [-0.25, -0.2) is 0 Å². The molecule has 2 aliphatic rings. The van der Waals surface area contributed by atoms with Crippen molar-refractivity contribution in [2.24, 2.45) is 5.92 Å². The lowest BCUT2D eigenvalue weighted by Gasteiger charge is -2.19. The van der Waals surface area contributed by atoms with E-state index in [1.54, 1.807) is 0 Å². The Morgan fingerprint density at radius 2 is 1.96 bits per heavy atom. The number of amides is 1. The summed E-state index contributed by atoms with van der Waals surface area (Å²) in [6.45, 7) is 6.61. The van der Waals surface area contributed by atoms with Crippen molar-refractivity contribution in [1.82, 2.24) is 15.5 Å². The van der Waals surface area contributed by atoms with E-state index in [2.05, 4.69) is 65.9 Å². The van der Waals surface area contributed by atoms with Crippen LogP contribution >= 0.6 is 0 Å². The third-order valence-corrected chi connectivity index (χ3v) is 5.53. The van der Waals surface area contributed by atoms with Gasteiger partial charge in [0.1, 0.15) is 0 Å². The van der Waals surface area contributed by atoms with Gasteiger partial charge in [0, 0.05) is 18.2 Å². The first kappa shape index (κ1) is 16.3. The lowest BCUT2D eigenvalue weighted by atomic mass is 9.86. The molecule has 0 saturated carbocycles. The van der Waals surface area contributed by atoms with E-state index in [-0.39, 0.29) is 17.2 Å². The van der Waals surface area contributed by atoms with Crippen LogP contribution in [0.4, 0.5) is 5.82 Å². The monoisotopic (exact) mass is 338 g/mol. The number of rotatable bonds is 3. The third-order valence-electron chi connectivity index (χ3n) is 5.53. The standard InChI is InChI=1S/C20H26N4O/c1-20(2,3)13-6-4-12(5-7-13)17-11-18(24-23-17)22-19(25)15-10-14-8-9-16(15)21-14/h4-7,11,14-16,21H,8-10H2,1-3H3,(H2,22,23,24,25)/t14-,15+,16+/m1/s1. The summed E-state index contributed by atoms with van der Waals surface area (Å²) < 4.78 is 0. The molecule has 0 radical (unpaired) electrons. The van der Waals surface area contributed by atoms with E-state index in [0.717, 1.165) is 24.1 Å². The maximum absolute atomic E-state index is 12.5. The molecule has 4 rings (SSSR count). The Labute approximate surface area is 148 Å². The number of H-pyrrole nitrogens is 1. The summed E-state index contributed by atoms with van der Waals surface area (Å²) in [4.78, 5) is 12.5. The van der Waals surface area contributed by atoms with Gasteiger partial charge in [-0.1, -0.05) is 45.0 Å². The second kappa shape index (κ2) is 5.99. The number of anilines is 1. The first-order chi connectivity index (χ1) is 11.9. The quantitative estimate of drug-likeness (QED) is 0.803. The van der Waals surface area contributed by atoms with Crippen LogP contribution in [0.2, 0.25) is 0 Å². The van der Waals surface area contributed by atoms with Crippen molar-refractivity contribution in [3.63, 3.8) is 0 Å². The number of nitrogens with one attached hydrogen (secondary N) is 3. The van der Waals surface area contributed by atoms with E-state index in [0.29, 0.717) is 17.9 Å². The molecule has 3 heterocycles. The second-order valence-corrected chi connectivity index (χ2v) is 8.37. The van der Waals surface area contributed by atoms with Crippen LogP contribution in [-0.4, -0.2) is 28.2 Å². The fourth-order valence-corrected chi connectivity index (χ4v) is 4.02. The number of hydrogen-bond donors (Lipinski definition) is 3. The predicted octanol–water partition coefficient (Wildman–Crippen LogP) is 3.45. The number of carbonyl (C=O) groups excluding carboxylic acids is 1. The first-order valence-corrected chi connectivity index (χ1v) is 9.13. The largest absolute Gasteiger partial charge is 0.310 e. The first-order valence-electron chi connectivity index (χ1n) is 9.13. The molecule has 0 spiro atoms. The summed E-state index contributed by atoms with van der Waals surface area (Å²) >= 11 is 0. The van der Waals surface area contributed by atoms with Crippen LogP contribution in [0.3, 0.4) is 0 Å². The molecule has 1 aromatic heterocycles. The Bertz CT molecular complexity index is 772. The van der Waals surface area contributed by atoms with Gasteiger partial charge in [0.25, 0.3) is 0 Å². The van der Waals surface area contributed by atoms with E-state index < -0.39 is 0 Å². The summed E-state index contributed by atoms with van der Waals surface area (Å²) in [6.07, 6.45) is 3.25. The lowest BCUT2D eigenvalue weighted by molar-refractivity contribution is -0.120. The molecule has 2 aromatic rings. The average Bonchev–Trinajstić information content (AvgIpc) is 3.30. The van der Waals surface area contributed by atoms with Crippen LogP contribution < -0.4 is 10.6 Å². The molecular formula is C20H26N4O. The molecular weight excluding hydrogens is 312 g/mol. The highest BCUT2D eigenvalue weighted by Gasteiger charge is 2.42. The smallest absolute Gasteiger partial charge is 0.230 e. The number of fused-ring (bicyclic) bond motifs is 2. The molecule has 5 nitrogen and oxygen atoms in total. The zero-order valence-corrected chi connectivity index (χ0v) is 15.1. The van der Waals surface area contributed by atoms with Crippen molar-refractivity contribution < 1.29 is 4.79 Å². The van der Waals surface area contributed by atoms with Gasteiger partial charge in [-0.15, -0.1) is 0 Å². The molecule has 5 heteroatoms. The zero-order chi connectivity index (χ0) is 17.6. The van der Waals surface area contributed by atoms with Gasteiger partial charge in [0.05, 0.1) is 11.6 Å². The Kier molecular flexibility index (Phi) is 3.91. The maximum atomic E-state index is 12.5. The van der Waals surface area contributed by atoms with Gasteiger partial charge < -0.3 is 10.6 Å². The van der Waals surface area contributed by atoms with Crippen LogP contribution in [0.1, 0.15) is 45.6 Å². The Hall–Kier alpha value is -2.14. The summed E-state index contributed by atoms with van der Waals surface area (Å²) in [6, 6.07) is 11.3. The van der Waals surface area contributed by atoms with Crippen LogP contribution in [0, 0.1) is 5.92 Å². The van der Waals surface area contributed by atoms with Crippen molar-refractivity contribution in [3.05, 3.63) is 35.9 Å². The minimum Gasteiger partial charge on any atom is -0.310 e. The second-order valence-electron chi connectivity index (χ2n) is 8.37. The van der Waals surface area contributed by atoms with Gasteiger partial charge in [-0.2, -0.15) is 5.10 Å². The molecule has 2 aliphatic heterocycles. The fourth-order valence-electron chi connectivity index (χ4n) is 4.02. The molecule has 3 N–H and O–H groups in total. The zero-order valence-electron chi connectivity index (χ0n) is 15.1. The van der Waals surface area contributed by atoms with E-state index in [1.165, 1.54) is 12.0 Å². The summed E-state index contributed by atoms with van der Waals surface area (Å²) in [5, 5.41) is 13.8. The van der Waals surface area contributed by atoms with Gasteiger partial charge in [-0.05, 0) is 35.8 Å². The minimum absolute atomic E-state index is 0.0740. The third kappa shape index (κ3) is 3.21. The lowest BCUT2D eigenvalue weighted by Crippen LogP contribution is -2.32. The van der Waals surface area contributed by atoms with Gasteiger partial charge in [0.2, 0.25) is 5.91 Å². The Morgan fingerprint density at radius 1 is 1.20 bits per heavy atom. The van der Waals surface area contributed by atoms with E-state index in [4.69, 9.17) is 0 Å². The van der Waals surface area contributed by atoms with Crippen molar-refractivity contribution >= 4 is 11.7 Å². The summed E-state index contributed by atoms with van der Waals surface area (Å²) in [5.41, 5.74) is 3.43. The normalized spacial score (nSPS) is 25.3. The minimum atomic E-state index is 0.0740. The SMILES string of the molecule is CC(C)(C)c1ccc(-c2cc(NC(=O)[C@H]3C[C@H]4CC[C@@H]3N4)n[nH]2)cc1. The number of aromatic amines is 1. The molecule has 2 fully saturated rings. The molecule has 1 amide bonds. The topological polar surface area (TPSA) is 69.8 Å². The van der Waals surface area contributed by atoms with E-state index >= 15 is 0 Å². The van der Waals surface area contributed by atoms with Gasteiger partial charge in [0.15, 0.2) is 5.82 Å². The Balaban J connectivity index is 1.44. The van der Waals surface area contributed by atoms with E-state index in [1.807, 2.05) is 6.07 Å². The Morgan fingerprint density at radius 3 is 2.56 bits per heavy atom. The highest BCUT2D eigenvalue weighted by atomic mass is 16.2. The van der Waals surface area contributed by atoms with Crippen molar-refractivity contribution in [1.29, 1.82) is 0 Å². The number of hydrogen-bond acceptors (Lipinski definition) is 3. The molecule has 1 aromatic carbocycles. The molecule has 25 heavy (non-hydrogen) atoms. The average molecular weight is 338 g/mol. The fraction of sp³-hybridized carbons (Fsp3) is 0.500. The van der Waals surface area contributed by atoms with Crippen LogP contribution in [0.5, 0.6) is 0 Å². The summed E-state index contributed by atoms with van der Waals surface area (Å²) in [7, 11) is 0. The van der Waals surface area contributed by atoms with Gasteiger partial charge >= 0.3 is 0 Å². The van der Waals surface area contributed by atoms with Gasteiger partial charge in [-0.3, -0.25) is 9.89 Å². The number of aromatic nitrogens is 2. The number of benzene rings is 1. The van der Waals surface area contributed by atoms with Crippen LogP contribution in [0.25, 0.3) is 11.3 Å². The van der Waals surface area contributed by atoms with Crippen molar-refractivity contribution in [2.75, 3.05) is 5.32 Å². The number of carbonyl (C=O) groups is 1. The van der Waals surface area contributed by atoms with Crippen LogP contribution in [-0.2, 0) is 10.2 Å². The van der Waals surface area contributed by atoms with Crippen LogP contribution in [0.15, 0.2) is 30.3 Å². The van der Waals surface area contributed by atoms with E-state index in [9.17, 15) is 4.79 Å². The highest BCUT2D eigenvalue weighted by molar-refractivity contribution is 5.93. The van der Waals surface area contributed by atoms with Crippen molar-refractivity contribution in [2.45, 2.75) is 57.5 Å². The molecule has 3 atom stereocenters. The number of nitrogens with zero attached hydrogens (tertiary/aromatic N) is 1. The molecule has 132 valence electrons. The maximum Gasteiger partial charge on any atom is 0.230 e.